The number of hydrogen-bond donors (Lipinski definition) is 0. The van der Waals surface area contributed by atoms with Gasteiger partial charge in [-0.2, -0.15) is 0 Å². The van der Waals surface area contributed by atoms with Gasteiger partial charge in [0.1, 0.15) is 0 Å². The van der Waals surface area contributed by atoms with Gasteiger partial charge in [0.05, 0.1) is 12.2 Å². The predicted octanol–water partition coefficient (Wildman–Crippen LogP) is 1.13. The first-order valence-electron chi connectivity index (χ1n) is 3.47. The molecule has 0 amide bonds. The molecule has 4 atom stereocenters. The summed E-state index contributed by atoms with van der Waals surface area (Å²) in [6.07, 6.45) is 9.78. The summed E-state index contributed by atoms with van der Waals surface area (Å²) >= 11 is 0. The molecule has 0 N–H and O–H groups in total. The van der Waals surface area contributed by atoms with Gasteiger partial charge in [-0.15, -0.1) is 0 Å². The van der Waals surface area contributed by atoms with Crippen LogP contribution in [0.25, 0.3) is 0 Å². The molecule has 1 nitrogen and oxygen atoms in total. The third-order valence-electron chi connectivity index (χ3n) is 2.56. The van der Waals surface area contributed by atoms with Crippen LogP contribution in [0.15, 0.2) is 24.3 Å². The van der Waals surface area contributed by atoms with Crippen LogP contribution in [-0.4, -0.2) is 12.2 Å². The van der Waals surface area contributed by atoms with Crippen molar-refractivity contribution in [2.45, 2.75) is 12.2 Å². The van der Waals surface area contributed by atoms with Crippen molar-refractivity contribution in [1.82, 2.24) is 0 Å². The highest BCUT2D eigenvalue weighted by molar-refractivity contribution is 5.28. The zero-order valence-corrected chi connectivity index (χ0v) is 5.03. The Morgan fingerprint density at radius 2 is 1.33 bits per heavy atom. The molecule has 0 aromatic heterocycles. The number of fused-ring (bicyclic) bond motifs is 5. The van der Waals surface area contributed by atoms with E-state index < -0.39 is 0 Å². The minimum Gasteiger partial charge on any atom is -0.366 e. The SMILES string of the molecule is C1=CC2OC1C1C=CC21. The lowest BCUT2D eigenvalue weighted by atomic mass is 9.75. The average Bonchev–Trinajstić information content (AvgIpc) is 2.18. The zero-order chi connectivity index (χ0) is 5.84. The van der Waals surface area contributed by atoms with Gasteiger partial charge in [-0.1, -0.05) is 24.3 Å². The molecular weight excluding hydrogens is 112 g/mol. The van der Waals surface area contributed by atoms with Crippen molar-refractivity contribution in [1.29, 1.82) is 0 Å². The topological polar surface area (TPSA) is 9.23 Å². The van der Waals surface area contributed by atoms with E-state index >= 15 is 0 Å². The summed E-state index contributed by atoms with van der Waals surface area (Å²) in [4.78, 5) is 0. The van der Waals surface area contributed by atoms with E-state index in [4.69, 9.17) is 4.74 Å². The molecule has 0 aromatic carbocycles. The fourth-order valence-electron chi connectivity index (χ4n) is 1.95. The third-order valence-corrected chi connectivity index (χ3v) is 2.56. The Labute approximate surface area is 54.0 Å². The quantitative estimate of drug-likeness (QED) is 0.435. The minimum atomic E-state index is 0.435. The first-order chi connectivity index (χ1) is 4.45. The summed E-state index contributed by atoms with van der Waals surface area (Å²) in [5, 5.41) is 0. The van der Waals surface area contributed by atoms with Crippen LogP contribution in [0.3, 0.4) is 0 Å². The van der Waals surface area contributed by atoms with Gasteiger partial charge in [0.2, 0.25) is 0 Å². The monoisotopic (exact) mass is 120 g/mol. The van der Waals surface area contributed by atoms with Crippen LogP contribution in [-0.2, 0) is 4.74 Å². The van der Waals surface area contributed by atoms with Crippen molar-refractivity contribution in [3.63, 3.8) is 0 Å². The fraction of sp³-hybridized carbons (Fsp3) is 0.500. The Morgan fingerprint density at radius 1 is 0.778 bits per heavy atom. The number of ether oxygens (including phenoxy) is 1. The second-order valence-corrected chi connectivity index (χ2v) is 2.99. The van der Waals surface area contributed by atoms with Crippen molar-refractivity contribution in [2.75, 3.05) is 0 Å². The largest absolute Gasteiger partial charge is 0.366 e. The van der Waals surface area contributed by atoms with Crippen LogP contribution < -0.4 is 0 Å². The van der Waals surface area contributed by atoms with Gasteiger partial charge in [0.15, 0.2) is 0 Å². The second kappa shape index (κ2) is 1.14. The molecule has 0 aromatic rings. The van der Waals surface area contributed by atoms with Crippen LogP contribution >= 0.6 is 0 Å². The Balaban J connectivity index is 2.10. The first kappa shape index (κ1) is 4.29. The zero-order valence-electron chi connectivity index (χ0n) is 5.03. The lowest BCUT2D eigenvalue weighted by Gasteiger charge is -2.26. The second-order valence-electron chi connectivity index (χ2n) is 2.99. The molecule has 0 radical (unpaired) electrons. The van der Waals surface area contributed by atoms with Gasteiger partial charge in [-0.25, -0.2) is 0 Å². The van der Waals surface area contributed by atoms with E-state index in [9.17, 15) is 0 Å². The van der Waals surface area contributed by atoms with Crippen LogP contribution in [0.2, 0.25) is 0 Å². The summed E-state index contributed by atoms with van der Waals surface area (Å²) in [7, 11) is 0. The van der Waals surface area contributed by atoms with E-state index in [0.717, 1.165) is 11.8 Å². The molecule has 0 saturated carbocycles. The van der Waals surface area contributed by atoms with Gasteiger partial charge in [-0.3, -0.25) is 0 Å². The van der Waals surface area contributed by atoms with E-state index in [2.05, 4.69) is 24.3 Å². The summed E-state index contributed by atoms with van der Waals surface area (Å²) in [6, 6.07) is 0. The lowest BCUT2D eigenvalue weighted by Crippen LogP contribution is -2.26. The predicted molar refractivity (Wildman–Crippen MR) is 33.9 cm³/mol. The Hall–Kier alpha value is -0.560. The molecule has 3 aliphatic rings. The molecule has 46 valence electrons. The molecule has 1 aliphatic carbocycles. The molecule has 1 fully saturated rings. The molecule has 1 heteroatoms. The molecule has 9 heavy (non-hydrogen) atoms. The average molecular weight is 120 g/mol. The molecule has 1 saturated heterocycles. The summed E-state index contributed by atoms with van der Waals surface area (Å²) in [5.74, 6) is 1.47. The summed E-state index contributed by atoms with van der Waals surface area (Å²) < 4.78 is 5.59. The number of hydrogen-bond acceptors (Lipinski definition) is 1. The Kier molecular flexibility index (Phi) is 0.544. The van der Waals surface area contributed by atoms with E-state index in [1.807, 2.05) is 0 Å². The van der Waals surface area contributed by atoms with Crippen molar-refractivity contribution >= 4 is 0 Å². The van der Waals surface area contributed by atoms with Gasteiger partial charge >= 0.3 is 0 Å². The first-order valence-corrected chi connectivity index (χ1v) is 3.47. The number of rotatable bonds is 0. The molecule has 2 aliphatic heterocycles. The van der Waals surface area contributed by atoms with Crippen LogP contribution in [0.5, 0.6) is 0 Å². The maximum absolute atomic E-state index is 5.59. The van der Waals surface area contributed by atoms with Crippen molar-refractivity contribution in [3.8, 4) is 0 Å². The summed E-state index contributed by atoms with van der Waals surface area (Å²) in [6.45, 7) is 0. The van der Waals surface area contributed by atoms with E-state index in [1.54, 1.807) is 0 Å². The molecule has 4 unspecified atom stereocenters. The van der Waals surface area contributed by atoms with E-state index in [0.29, 0.717) is 12.2 Å². The van der Waals surface area contributed by atoms with Crippen LogP contribution in [0.1, 0.15) is 0 Å². The van der Waals surface area contributed by atoms with Crippen molar-refractivity contribution in [2.24, 2.45) is 11.8 Å². The van der Waals surface area contributed by atoms with Crippen molar-refractivity contribution in [3.05, 3.63) is 24.3 Å². The Morgan fingerprint density at radius 3 is 1.67 bits per heavy atom. The Bertz CT molecular complexity index is 181. The van der Waals surface area contributed by atoms with Crippen LogP contribution in [0.4, 0.5) is 0 Å². The fourth-order valence-corrected chi connectivity index (χ4v) is 1.95. The van der Waals surface area contributed by atoms with Gasteiger partial charge in [0.25, 0.3) is 0 Å². The molecule has 2 bridgehead atoms. The van der Waals surface area contributed by atoms with Crippen LogP contribution in [0, 0.1) is 11.8 Å². The maximum Gasteiger partial charge on any atom is 0.0834 e. The highest BCUT2D eigenvalue weighted by Gasteiger charge is 2.46. The highest BCUT2D eigenvalue weighted by atomic mass is 16.5. The van der Waals surface area contributed by atoms with Gasteiger partial charge in [0, 0.05) is 11.8 Å². The molecule has 3 rings (SSSR count). The minimum absolute atomic E-state index is 0.435. The maximum atomic E-state index is 5.59. The molecule has 2 heterocycles. The molecule has 0 spiro atoms. The highest BCUT2D eigenvalue weighted by Crippen LogP contribution is 2.45. The standard InChI is InChI=1S/C8H8O/c1-2-6-5(1)7-3-4-8(6)9-7/h1-8H. The smallest absolute Gasteiger partial charge is 0.0834 e. The van der Waals surface area contributed by atoms with E-state index in [-0.39, 0.29) is 0 Å². The lowest BCUT2D eigenvalue weighted by molar-refractivity contribution is 0.111. The normalized spacial score (nSPS) is 57.8. The van der Waals surface area contributed by atoms with Gasteiger partial charge in [-0.05, 0) is 0 Å². The van der Waals surface area contributed by atoms with E-state index in [1.165, 1.54) is 0 Å². The van der Waals surface area contributed by atoms with Gasteiger partial charge < -0.3 is 4.74 Å². The molecular formula is C8H8O. The van der Waals surface area contributed by atoms with Crippen molar-refractivity contribution < 1.29 is 4.74 Å². The third kappa shape index (κ3) is 0.340. The summed E-state index contributed by atoms with van der Waals surface area (Å²) in [5.41, 5.74) is 0.